The molecule has 0 radical (unpaired) electrons. The van der Waals surface area contributed by atoms with Gasteiger partial charge in [-0.15, -0.1) is 0 Å². The molecule has 1 unspecified atom stereocenters. The lowest BCUT2D eigenvalue weighted by Crippen LogP contribution is -2.20. The predicted octanol–water partition coefficient (Wildman–Crippen LogP) is 8.13. The van der Waals surface area contributed by atoms with Gasteiger partial charge in [-0.05, 0) is 31.4 Å². The standard InChI is InChI=1S/C30H48O5/c1-2-3-4-5-6-7-8-9-10-11-12-13-14-15-16-18-21-27(30(32)33)26-29(31)35-25-24-34-28-22-19-17-20-23-28/h16-20,22-23,27H,2-15,21,24-26H2,1H3,(H,32,33). The van der Waals surface area contributed by atoms with E-state index in [2.05, 4.69) is 6.92 Å². The summed E-state index contributed by atoms with van der Waals surface area (Å²) in [5.41, 5.74) is 0. The third kappa shape index (κ3) is 18.7. The van der Waals surface area contributed by atoms with Crippen LogP contribution in [0.5, 0.6) is 5.75 Å². The topological polar surface area (TPSA) is 72.8 Å². The highest BCUT2D eigenvalue weighted by molar-refractivity contribution is 5.78. The number of esters is 1. The quantitative estimate of drug-likeness (QED) is 0.0956. The van der Waals surface area contributed by atoms with Gasteiger partial charge in [0.25, 0.3) is 0 Å². The van der Waals surface area contributed by atoms with Gasteiger partial charge in [-0.1, -0.05) is 114 Å². The first-order valence-electron chi connectivity index (χ1n) is 13.8. The molecule has 0 spiro atoms. The first-order valence-corrected chi connectivity index (χ1v) is 13.8. The Morgan fingerprint density at radius 2 is 1.37 bits per heavy atom. The Morgan fingerprint density at radius 3 is 1.94 bits per heavy atom. The van der Waals surface area contributed by atoms with Crippen LogP contribution in [-0.2, 0) is 14.3 Å². The fourth-order valence-electron chi connectivity index (χ4n) is 4.02. The van der Waals surface area contributed by atoms with Gasteiger partial charge in [0.2, 0.25) is 0 Å². The predicted molar refractivity (Wildman–Crippen MR) is 143 cm³/mol. The molecule has 5 nitrogen and oxygen atoms in total. The Hall–Kier alpha value is -2.30. The second kappa shape index (κ2) is 22.2. The van der Waals surface area contributed by atoms with Crippen molar-refractivity contribution in [2.24, 2.45) is 5.92 Å². The summed E-state index contributed by atoms with van der Waals surface area (Å²) in [5, 5.41) is 9.40. The van der Waals surface area contributed by atoms with Crippen LogP contribution >= 0.6 is 0 Å². The zero-order valence-corrected chi connectivity index (χ0v) is 21.9. The number of carbonyl (C=O) groups excluding carboxylic acids is 1. The molecule has 0 aromatic heterocycles. The molecule has 5 heteroatoms. The molecule has 0 fully saturated rings. The van der Waals surface area contributed by atoms with Crippen molar-refractivity contribution in [2.75, 3.05) is 13.2 Å². The molecule has 1 aromatic carbocycles. The summed E-state index contributed by atoms with van der Waals surface area (Å²) in [4.78, 5) is 23.5. The first-order chi connectivity index (χ1) is 17.1. The smallest absolute Gasteiger partial charge is 0.307 e. The maximum atomic E-state index is 12.0. The summed E-state index contributed by atoms with van der Waals surface area (Å²) in [6, 6.07) is 9.28. The zero-order valence-electron chi connectivity index (χ0n) is 21.9. The number of hydrogen-bond acceptors (Lipinski definition) is 4. The SMILES string of the molecule is CCCCCCCCCCCCCCCC=CCC(CC(=O)OCCOc1ccccc1)C(=O)O. The number of para-hydroxylation sites is 1. The van der Waals surface area contributed by atoms with Crippen molar-refractivity contribution in [3.63, 3.8) is 0 Å². The maximum Gasteiger partial charge on any atom is 0.307 e. The Bertz CT molecular complexity index is 671. The lowest BCUT2D eigenvalue weighted by atomic mass is 10.0. The van der Waals surface area contributed by atoms with Crippen LogP contribution in [0.15, 0.2) is 42.5 Å². The van der Waals surface area contributed by atoms with E-state index in [1.165, 1.54) is 77.0 Å². The molecule has 35 heavy (non-hydrogen) atoms. The molecule has 0 saturated carbocycles. The number of carbonyl (C=O) groups is 2. The van der Waals surface area contributed by atoms with Gasteiger partial charge in [-0.2, -0.15) is 0 Å². The highest BCUT2D eigenvalue weighted by Crippen LogP contribution is 2.15. The van der Waals surface area contributed by atoms with E-state index in [0.717, 1.165) is 12.8 Å². The van der Waals surface area contributed by atoms with E-state index in [0.29, 0.717) is 12.2 Å². The van der Waals surface area contributed by atoms with Crippen molar-refractivity contribution in [1.29, 1.82) is 0 Å². The normalized spacial score (nSPS) is 12.0. The number of carboxylic acid groups (broad SMARTS) is 1. The molecule has 1 aromatic rings. The summed E-state index contributed by atoms with van der Waals surface area (Å²) < 4.78 is 10.6. The monoisotopic (exact) mass is 488 g/mol. The molecule has 0 saturated heterocycles. The molecule has 0 aliphatic rings. The van der Waals surface area contributed by atoms with Gasteiger partial charge in [0.15, 0.2) is 0 Å². The van der Waals surface area contributed by atoms with Crippen LogP contribution in [-0.4, -0.2) is 30.3 Å². The fourth-order valence-corrected chi connectivity index (χ4v) is 4.02. The van der Waals surface area contributed by atoms with Gasteiger partial charge in [0, 0.05) is 0 Å². The Balaban J connectivity index is 1.99. The Labute approximate surface area is 213 Å². The summed E-state index contributed by atoms with van der Waals surface area (Å²) >= 11 is 0. The van der Waals surface area contributed by atoms with Crippen LogP contribution in [0, 0.1) is 5.92 Å². The van der Waals surface area contributed by atoms with Crippen molar-refractivity contribution < 1.29 is 24.2 Å². The van der Waals surface area contributed by atoms with E-state index in [1.807, 2.05) is 42.5 Å². The van der Waals surface area contributed by atoms with Crippen LogP contribution in [0.3, 0.4) is 0 Å². The number of allylic oxidation sites excluding steroid dienone is 2. The summed E-state index contributed by atoms with van der Waals surface area (Å²) in [6.45, 7) is 2.61. The lowest BCUT2D eigenvalue weighted by molar-refractivity contribution is -0.151. The van der Waals surface area contributed by atoms with Crippen LogP contribution in [0.1, 0.15) is 110 Å². The van der Waals surface area contributed by atoms with Crippen LogP contribution in [0.2, 0.25) is 0 Å². The van der Waals surface area contributed by atoms with Crippen molar-refractivity contribution in [1.82, 2.24) is 0 Å². The number of rotatable bonds is 23. The van der Waals surface area contributed by atoms with Crippen LogP contribution < -0.4 is 4.74 Å². The number of ether oxygens (including phenoxy) is 2. The molecule has 0 aliphatic carbocycles. The van der Waals surface area contributed by atoms with Gasteiger partial charge in [0.1, 0.15) is 19.0 Å². The van der Waals surface area contributed by atoms with Gasteiger partial charge < -0.3 is 14.6 Å². The highest BCUT2D eigenvalue weighted by atomic mass is 16.6. The largest absolute Gasteiger partial charge is 0.490 e. The molecule has 1 rings (SSSR count). The maximum absolute atomic E-state index is 12.0. The summed E-state index contributed by atoms with van der Waals surface area (Å²) in [6.07, 6.45) is 22.5. The Morgan fingerprint density at radius 1 is 0.800 bits per heavy atom. The minimum Gasteiger partial charge on any atom is -0.490 e. The molecule has 0 aliphatic heterocycles. The number of unbranched alkanes of at least 4 members (excludes halogenated alkanes) is 13. The van der Waals surface area contributed by atoms with Crippen molar-refractivity contribution in [3.05, 3.63) is 42.5 Å². The molecule has 198 valence electrons. The number of benzene rings is 1. The highest BCUT2D eigenvalue weighted by Gasteiger charge is 2.20. The molecule has 0 bridgehead atoms. The molecule has 0 amide bonds. The van der Waals surface area contributed by atoms with Crippen LogP contribution in [0.25, 0.3) is 0 Å². The summed E-state index contributed by atoms with van der Waals surface area (Å²) in [7, 11) is 0. The van der Waals surface area contributed by atoms with Gasteiger partial charge >= 0.3 is 11.9 Å². The summed E-state index contributed by atoms with van der Waals surface area (Å²) in [5.74, 6) is -1.51. The molecular formula is C30H48O5. The lowest BCUT2D eigenvalue weighted by Gasteiger charge is -2.10. The Kier molecular flexibility index (Phi) is 19.5. The zero-order chi connectivity index (χ0) is 25.4. The number of hydrogen-bond donors (Lipinski definition) is 1. The van der Waals surface area contributed by atoms with Crippen LogP contribution in [0.4, 0.5) is 0 Å². The third-order valence-corrected chi connectivity index (χ3v) is 6.18. The van der Waals surface area contributed by atoms with E-state index in [-0.39, 0.29) is 19.6 Å². The van der Waals surface area contributed by atoms with E-state index in [1.54, 1.807) is 0 Å². The average Bonchev–Trinajstić information content (AvgIpc) is 2.86. The second-order valence-corrected chi connectivity index (χ2v) is 9.36. The van der Waals surface area contributed by atoms with E-state index in [9.17, 15) is 14.7 Å². The van der Waals surface area contributed by atoms with Gasteiger partial charge in [0.05, 0.1) is 12.3 Å². The third-order valence-electron chi connectivity index (χ3n) is 6.18. The first kappa shape index (κ1) is 30.7. The van der Waals surface area contributed by atoms with Gasteiger partial charge in [-0.3, -0.25) is 9.59 Å². The number of aliphatic carboxylic acids is 1. The fraction of sp³-hybridized carbons (Fsp3) is 0.667. The van der Waals surface area contributed by atoms with Crippen molar-refractivity contribution in [3.8, 4) is 5.75 Å². The van der Waals surface area contributed by atoms with Crippen molar-refractivity contribution in [2.45, 2.75) is 110 Å². The average molecular weight is 489 g/mol. The van der Waals surface area contributed by atoms with Gasteiger partial charge in [-0.25, -0.2) is 0 Å². The molecule has 1 N–H and O–H groups in total. The minimum atomic E-state index is -0.965. The van der Waals surface area contributed by atoms with Crippen molar-refractivity contribution >= 4 is 11.9 Å². The van der Waals surface area contributed by atoms with E-state index < -0.39 is 17.9 Å². The van der Waals surface area contributed by atoms with E-state index in [4.69, 9.17) is 9.47 Å². The molecular weight excluding hydrogens is 440 g/mol. The van der Waals surface area contributed by atoms with E-state index >= 15 is 0 Å². The number of carboxylic acids is 1. The molecule has 1 atom stereocenters. The minimum absolute atomic E-state index is 0.106. The molecule has 0 heterocycles. The second-order valence-electron chi connectivity index (χ2n) is 9.36.